The minimum atomic E-state index is 0.479. The molecule has 2 rings (SSSR count). The van der Waals surface area contributed by atoms with Crippen LogP contribution in [0.3, 0.4) is 0 Å². The average Bonchev–Trinajstić information content (AvgIpc) is 2.36. The van der Waals surface area contributed by atoms with Gasteiger partial charge in [-0.1, -0.05) is 47.5 Å². The minimum absolute atomic E-state index is 0.479. The zero-order chi connectivity index (χ0) is 15.7. The van der Waals surface area contributed by atoms with Crippen molar-refractivity contribution in [3.63, 3.8) is 0 Å². The molecule has 2 heteroatoms. The summed E-state index contributed by atoms with van der Waals surface area (Å²) in [6.07, 6.45) is 9.58. The van der Waals surface area contributed by atoms with Crippen LogP contribution in [-0.2, 0) is 0 Å². The standard InChI is InChI=1S/C19H38N2/c1-6-21(17-10-8-7-9-15(17)13-20)16-11-18(2,3)14-19(4,5)12-16/h15-17H,6-14,20H2,1-5H3. The van der Waals surface area contributed by atoms with Crippen LogP contribution < -0.4 is 5.73 Å². The van der Waals surface area contributed by atoms with Crippen molar-refractivity contribution in [1.82, 2.24) is 4.90 Å². The summed E-state index contributed by atoms with van der Waals surface area (Å²) < 4.78 is 0. The molecule has 2 aliphatic carbocycles. The van der Waals surface area contributed by atoms with E-state index in [1.54, 1.807) is 0 Å². The van der Waals surface area contributed by atoms with Crippen molar-refractivity contribution in [2.24, 2.45) is 22.5 Å². The molecule has 2 saturated carbocycles. The molecule has 0 aromatic heterocycles. The van der Waals surface area contributed by atoms with Crippen molar-refractivity contribution in [3.8, 4) is 0 Å². The fraction of sp³-hybridized carbons (Fsp3) is 1.00. The Hall–Kier alpha value is -0.0800. The predicted molar refractivity (Wildman–Crippen MR) is 92.4 cm³/mol. The van der Waals surface area contributed by atoms with Crippen LogP contribution >= 0.6 is 0 Å². The van der Waals surface area contributed by atoms with Crippen molar-refractivity contribution >= 4 is 0 Å². The summed E-state index contributed by atoms with van der Waals surface area (Å²) in [6, 6.07) is 1.49. The Bertz CT molecular complexity index is 318. The summed E-state index contributed by atoms with van der Waals surface area (Å²) in [4.78, 5) is 2.85. The molecular formula is C19H38N2. The van der Waals surface area contributed by atoms with Crippen LogP contribution in [0.25, 0.3) is 0 Å². The summed E-state index contributed by atoms with van der Waals surface area (Å²) >= 11 is 0. The fourth-order valence-corrected chi connectivity index (χ4v) is 5.69. The average molecular weight is 295 g/mol. The first-order chi connectivity index (χ1) is 9.78. The molecule has 0 saturated heterocycles. The Morgan fingerprint density at radius 1 is 1.00 bits per heavy atom. The van der Waals surface area contributed by atoms with E-state index >= 15 is 0 Å². The number of hydrogen-bond acceptors (Lipinski definition) is 2. The van der Waals surface area contributed by atoms with Gasteiger partial charge in [-0.3, -0.25) is 4.90 Å². The monoisotopic (exact) mass is 294 g/mol. The molecule has 124 valence electrons. The van der Waals surface area contributed by atoms with E-state index in [1.807, 2.05) is 0 Å². The second-order valence-corrected chi connectivity index (χ2v) is 9.25. The molecule has 0 radical (unpaired) electrons. The molecule has 0 aliphatic heterocycles. The molecular weight excluding hydrogens is 256 g/mol. The Morgan fingerprint density at radius 2 is 1.57 bits per heavy atom. The summed E-state index contributed by atoms with van der Waals surface area (Å²) in [5, 5.41) is 0. The minimum Gasteiger partial charge on any atom is -0.330 e. The maximum Gasteiger partial charge on any atom is 0.0138 e. The van der Waals surface area contributed by atoms with Gasteiger partial charge in [-0.2, -0.15) is 0 Å². The summed E-state index contributed by atoms with van der Waals surface area (Å²) in [6.45, 7) is 14.3. The zero-order valence-corrected chi connectivity index (χ0v) is 15.1. The molecule has 0 aromatic carbocycles. The molecule has 2 fully saturated rings. The largest absolute Gasteiger partial charge is 0.330 e. The second kappa shape index (κ2) is 6.58. The third-order valence-electron chi connectivity index (χ3n) is 5.97. The molecule has 0 bridgehead atoms. The highest BCUT2D eigenvalue weighted by molar-refractivity contribution is 4.96. The molecule has 2 aliphatic rings. The molecule has 2 nitrogen and oxygen atoms in total. The lowest BCUT2D eigenvalue weighted by Gasteiger charge is -2.52. The first kappa shape index (κ1) is 17.3. The highest BCUT2D eigenvalue weighted by atomic mass is 15.2. The number of nitrogens with zero attached hydrogens (tertiary/aromatic N) is 1. The van der Waals surface area contributed by atoms with E-state index in [9.17, 15) is 0 Å². The van der Waals surface area contributed by atoms with E-state index in [2.05, 4.69) is 39.5 Å². The van der Waals surface area contributed by atoms with Crippen molar-refractivity contribution < 1.29 is 0 Å². The molecule has 0 amide bonds. The van der Waals surface area contributed by atoms with Gasteiger partial charge in [0.1, 0.15) is 0 Å². The Kier molecular flexibility index (Phi) is 5.41. The van der Waals surface area contributed by atoms with Gasteiger partial charge >= 0.3 is 0 Å². The first-order valence-electron chi connectivity index (χ1n) is 9.24. The Labute approximate surface area is 132 Å². The molecule has 21 heavy (non-hydrogen) atoms. The van der Waals surface area contributed by atoms with Gasteiger partial charge in [0.25, 0.3) is 0 Å². The van der Waals surface area contributed by atoms with Gasteiger partial charge in [0.2, 0.25) is 0 Å². The number of nitrogens with two attached hydrogens (primary N) is 1. The van der Waals surface area contributed by atoms with E-state index in [1.165, 1.54) is 51.5 Å². The fourth-order valence-electron chi connectivity index (χ4n) is 5.69. The first-order valence-corrected chi connectivity index (χ1v) is 9.24. The van der Waals surface area contributed by atoms with Crippen molar-refractivity contribution in [2.75, 3.05) is 13.1 Å². The Balaban J connectivity index is 2.15. The lowest BCUT2D eigenvalue weighted by atomic mass is 9.63. The van der Waals surface area contributed by atoms with Gasteiger partial charge in [-0.15, -0.1) is 0 Å². The van der Waals surface area contributed by atoms with Crippen LogP contribution in [0.15, 0.2) is 0 Å². The lowest BCUT2D eigenvalue weighted by molar-refractivity contribution is -0.0145. The molecule has 2 unspecified atom stereocenters. The van der Waals surface area contributed by atoms with E-state index < -0.39 is 0 Å². The van der Waals surface area contributed by atoms with E-state index in [-0.39, 0.29) is 0 Å². The predicted octanol–water partition coefficient (Wildman–Crippen LogP) is 4.43. The normalized spacial score (nSPS) is 33.3. The lowest BCUT2D eigenvalue weighted by Crippen LogP contribution is -2.54. The summed E-state index contributed by atoms with van der Waals surface area (Å²) in [7, 11) is 0. The van der Waals surface area contributed by atoms with Gasteiger partial charge in [0.05, 0.1) is 0 Å². The third kappa shape index (κ3) is 4.22. The van der Waals surface area contributed by atoms with E-state index in [0.717, 1.165) is 24.5 Å². The van der Waals surface area contributed by atoms with Gasteiger partial charge in [-0.05, 0) is 61.9 Å². The van der Waals surface area contributed by atoms with Crippen LogP contribution in [0.5, 0.6) is 0 Å². The van der Waals surface area contributed by atoms with E-state index in [4.69, 9.17) is 5.73 Å². The van der Waals surface area contributed by atoms with Crippen LogP contribution in [0.4, 0.5) is 0 Å². The third-order valence-corrected chi connectivity index (χ3v) is 5.97. The number of hydrogen-bond donors (Lipinski definition) is 1. The Morgan fingerprint density at radius 3 is 2.10 bits per heavy atom. The van der Waals surface area contributed by atoms with Crippen molar-refractivity contribution in [3.05, 3.63) is 0 Å². The van der Waals surface area contributed by atoms with Crippen LogP contribution in [-0.4, -0.2) is 30.1 Å². The quantitative estimate of drug-likeness (QED) is 0.831. The molecule has 0 aromatic rings. The zero-order valence-electron chi connectivity index (χ0n) is 15.1. The summed E-state index contributed by atoms with van der Waals surface area (Å²) in [5.74, 6) is 0.729. The van der Waals surface area contributed by atoms with Gasteiger partial charge in [0, 0.05) is 12.1 Å². The van der Waals surface area contributed by atoms with Crippen molar-refractivity contribution in [2.45, 2.75) is 91.6 Å². The van der Waals surface area contributed by atoms with Crippen LogP contribution in [0, 0.1) is 16.7 Å². The molecule has 0 heterocycles. The van der Waals surface area contributed by atoms with Crippen molar-refractivity contribution in [1.29, 1.82) is 0 Å². The van der Waals surface area contributed by atoms with Gasteiger partial charge < -0.3 is 5.73 Å². The maximum absolute atomic E-state index is 6.10. The van der Waals surface area contributed by atoms with E-state index in [0.29, 0.717) is 10.8 Å². The highest BCUT2D eigenvalue weighted by Crippen LogP contribution is 2.48. The summed E-state index contributed by atoms with van der Waals surface area (Å²) in [5.41, 5.74) is 7.05. The maximum atomic E-state index is 6.10. The molecule has 2 atom stereocenters. The molecule has 2 N–H and O–H groups in total. The highest BCUT2D eigenvalue weighted by Gasteiger charge is 2.42. The number of rotatable bonds is 4. The van der Waals surface area contributed by atoms with Crippen LogP contribution in [0.2, 0.25) is 0 Å². The SMILES string of the molecule is CCN(C1CC(C)(C)CC(C)(C)C1)C1CCCCC1CN. The molecule has 0 spiro atoms. The van der Waals surface area contributed by atoms with Gasteiger partial charge in [0.15, 0.2) is 0 Å². The van der Waals surface area contributed by atoms with Crippen LogP contribution in [0.1, 0.15) is 79.6 Å². The topological polar surface area (TPSA) is 29.3 Å². The second-order valence-electron chi connectivity index (χ2n) is 9.25. The smallest absolute Gasteiger partial charge is 0.0138 e. The van der Waals surface area contributed by atoms with Gasteiger partial charge in [-0.25, -0.2) is 0 Å².